The van der Waals surface area contributed by atoms with Gasteiger partial charge in [-0.2, -0.15) is 0 Å². The van der Waals surface area contributed by atoms with Gasteiger partial charge in [-0.1, -0.05) is 6.07 Å². The van der Waals surface area contributed by atoms with Crippen LogP contribution in [0.2, 0.25) is 0 Å². The molecule has 0 amide bonds. The number of aromatic nitrogens is 1. The van der Waals surface area contributed by atoms with Crippen molar-refractivity contribution < 1.29 is 0 Å². The van der Waals surface area contributed by atoms with Gasteiger partial charge in [0.2, 0.25) is 0 Å². The van der Waals surface area contributed by atoms with Crippen molar-refractivity contribution in [3.05, 3.63) is 50.9 Å². The quantitative estimate of drug-likeness (QED) is 0.690. The first-order valence-electron chi connectivity index (χ1n) is 3.96. The van der Waals surface area contributed by atoms with Crippen LogP contribution in [0.25, 0.3) is 5.52 Å². The standard InChI is InChI=1S/C10H8BrNO/c1-7-3-2-6-12-9(7)5-4-8(11)10(12)13/h2-6H,1H3. The van der Waals surface area contributed by atoms with Gasteiger partial charge >= 0.3 is 0 Å². The molecule has 0 aromatic carbocycles. The van der Waals surface area contributed by atoms with Gasteiger partial charge in [0.15, 0.2) is 0 Å². The third kappa shape index (κ3) is 1.29. The SMILES string of the molecule is Cc1cccn2c(=O)c(Br)ccc12. The fraction of sp³-hybridized carbons (Fsp3) is 0.100. The number of halogens is 1. The second kappa shape index (κ2) is 3.00. The number of pyridine rings is 2. The maximum absolute atomic E-state index is 11.6. The lowest BCUT2D eigenvalue weighted by atomic mass is 10.2. The Hall–Kier alpha value is -1.09. The summed E-state index contributed by atoms with van der Waals surface area (Å²) >= 11 is 3.21. The zero-order chi connectivity index (χ0) is 9.42. The van der Waals surface area contributed by atoms with E-state index in [1.165, 1.54) is 0 Å². The molecular weight excluding hydrogens is 230 g/mol. The van der Waals surface area contributed by atoms with Crippen molar-refractivity contribution in [2.75, 3.05) is 0 Å². The fourth-order valence-corrected chi connectivity index (χ4v) is 1.68. The van der Waals surface area contributed by atoms with Crippen LogP contribution >= 0.6 is 15.9 Å². The maximum atomic E-state index is 11.6. The van der Waals surface area contributed by atoms with Gasteiger partial charge in [0.25, 0.3) is 5.56 Å². The van der Waals surface area contributed by atoms with E-state index in [9.17, 15) is 4.79 Å². The van der Waals surface area contributed by atoms with Crippen molar-refractivity contribution in [3.63, 3.8) is 0 Å². The van der Waals surface area contributed by atoms with Gasteiger partial charge in [0.05, 0.1) is 9.99 Å². The van der Waals surface area contributed by atoms with Crippen LogP contribution in [0.15, 0.2) is 39.7 Å². The first kappa shape index (κ1) is 8.51. The molecule has 0 aliphatic rings. The Kier molecular flexibility index (Phi) is 1.96. The summed E-state index contributed by atoms with van der Waals surface area (Å²) in [6, 6.07) is 7.57. The number of hydrogen-bond donors (Lipinski definition) is 0. The summed E-state index contributed by atoms with van der Waals surface area (Å²) in [4.78, 5) is 11.6. The van der Waals surface area contributed by atoms with Gasteiger partial charge < -0.3 is 0 Å². The van der Waals surface area contributed by atoms with E-state index in [0.717, 1.165) is 11.1 Å². The van der Waals surface area contributed by atoms with E-state index in [2.05, 4.69) is 15.9 Å². The largest absolute Gasteiger partial charge is 0.283 e. The van der Waals surface area contributed by atoms with E-state index in [1.807, 2.05) is 25.1 Å². The summed E-state index contributed by atoms with van der Waals surface area (Å²) in [6.07, 6.45) is 1.77. The molecule has 3 heteroatoms. The molecule has 0 atom stereocenters. The molecule has 0 radical (unpaired) electrons. The van der Waals surface area contributed by atoms with Crippen LogP contribution in [0, 0.1) is 6.92 Å². The molecule has 2 rings (SSSR count). The van der Waals surface area contributed by atoms with E-state index in [0.29, 0.717) is 4.47 Å². The summed E-state index contributed by atoms with van der Waals surface area (Å²) in [6.45, 7) is 1.99. The van der Waals surface area contributed by atoms with Gasteiger partial charge in [-0.3, -0.25) is 9.20 Å². The summed E-state index contributed by atoms with van der Waals surface area (Å²) in [5, 5.41) is 0. The highest BCUT2D eigenvalue weighted by Gasteiger charge is 2.00. The molecule has 0 aliphatic heterocycles. The molecule has 2 aromatic rings. The molecule has 2 heterocycles. The number of hydrogen-bond acceptors (Lipinski definition) is 1. The predicted molar refractivity (Wildman–Crippen MR) is 56.1 cm³/mol. The van der Waals surface area contributed by atoms with E-state index in [4.69, 9.17) is 0 Å². The first-order chi connectivity index (χ1) is 6.20. The highest BCUT2D eigenvalue weighted by molar-refractivity contribution is 9.10. The van der Waals surface area contributed by atoms with Crippen molar-refractivity contribution in [1.29, 1.82) is 0 Å². The zero-order valence-corrected chi connectivity index (χ0v) is 8.71. The lowest BCUT2D eigenvalue weighted by molar-refractivity contribution is 1.07. The average Bonchev–Trinajstić information content (AvgIpc) is 2.12. The fourth-order valence-electron chi connectivity index (χ4n) is 1.36. The summed E-state index contributed by atoms with van der Waals surface area (Å²) < 4.78 is 2.23. The smallest absolute Gasteiger partial charge is 0.269 e. The molecule has 2 aromatic heterocycles. The van der Waals surface area contributed by atoms with Crippen LogP contribution in [0.5, 0.6) is 0 Å². The molecule has 0 saturated carbocycles. The molecule has 0 saturated heterocycles. The third-order valence-corrected chi connectivity index (χ3v) is 2.66. The Balaban J connectivity index is 3.03. The molecule has 0 N–H and O–H groups in total. The Morgan fingerprint density at radius 2 is 2.08 bits per heavy atom. The minimum absolute atomic E-state index is 0.0128. The Morgan fingerprint density at radius 1 is 1.31 bits per heavy atom. The summed E-state index contributed by atoms with van der Waals surface area (Å²) in [5.41, 5.74) is 2.05. The minimum atomic E-state index is -0.0128. The van der Waals surface area contributed by atoms with Gasteiger partial charge in [-0.15, -0.1) is 0 Å². The molecule has 13 heavy (non-hydrogen) atoms. The van der Waals surface area contributed by atoms with Gasteiger partial charge in [-0.25, -0.2) is 0 Å². The molecule has 0 spiro atoms. The molecular formula is C10H8BrNO. The topological polar surface area (TPSA) is 21.5 Å². The molecule has 0 unspecified atom stereocenters. The van der Waals surface area contributed by atoms with Crippen molar-refractivity contribution in [1.82, 2.24) is 4.40 Å². The van der Waals surface area contributed by atoms with Crippen LogP contribution in [0.4, 0.5) is 0 Å². The molecule has 66 valence electrons. The van der Waals surface area contributed by atoms with Crippen LogP contribution in [0.3, 0.4) is 0 Å². The van der Waals surface area contributed by atoms with Gasteiger partial charge in [0, 0.05) is 6.20 Å². The van der Waals surface area contributed by atoms with Crippen molar-refractivity contribution in [2.45, 2.75) is 6.92 Å². The second-order valence-corrected chi connectivity index (χ2v) is 3.79. The highest BCUT2D eigenvalue weighted by Crippen LogP contribution is 2.10. The molecule has 2 nitrogen and oxygen atoms in total. The average molecular weight is 238 g/mol. The van der Waals surface area contributed by atoms with E-state index in [-0.39, 0.29) is 5.56 Å². The second-order valence-electron chi connectivity index (χ2n) is 2.93. The maximum Gasteiger partial charge on any atom is 0.269 e. The van der Waals surface area contributed by atoms with Gasteiger partial charge in [0.1, 0.15) is 0 Å². The summed E-state index contributed by atoms with van der Waals surface area (Å²) in [5.74, 6) is 0. The number of aryl methyl sites for hydroxylation is 1. The molecule has 0 bridgehead atoms. The Labute approximate surface area is 84.0 Å². The van der Waals surface area contributed by atoms with E-state index in [1.54, 1.807) is 16.7 Å². The molecule has 0 fully saturated rings. The van der Waals surface area contributed by atoms with Crippen LogP contribution in [0.1, 0.15) is 5.56 Å². The van der Waals surface area contributed by atoms with Crippen molar-refractivity contribution in [3.8, 4) is 0 Å². The lowest BCUT2D eigenvalue weighted by Crippen LogP contribution is -2.13. The Bertz CT molecular complexity index is 516. The zero-order valence-electron chi connectivity index (χ0n) is 7.12. The normalized spacial score (nSPS) is 10.6. The van der Waals surface area contributed by atoms with E-state index >= 15 is 0 Å². The van der Waals surface area contributed by atoms with Crippen LogP contribution in [-0.2, 0) is 0 Å². The number of fused-ring (bicyclic) bond motifs is 1. The monoisotopic (exact) mass is 237 g/mol. The Morgan fingerprint density at radius 3 is 2.85 bits per heavy atom. The van der Waals surface area contributed by atoms with Crippen LogP contribution < -0.4 is 5.56 Å². The molecule has 0 aliphatic carbocycles. The highest BCUT2D eigenvalue weighted by atomic mass is 79.9. The van der Waals surface area contributed by atoms with Gasteiger partial charge in [-0.05, 0) is 46.6 Å². The number of nitrogens with zero attached hydrogens (tertiary/aromatic N) is 1. The van der Waals surface area contributed by atoms with Crippen LogP contribution in [-0.4, -0.2) is 4.40 Å². The lowest BCUT2D eigenvalue weighted by Gasteiger charge is -2.03. The van der Waals surface area contributed by atoms with Crippen molar-refractivity contribution >= 4 is 21.4 Å². The van der Waals surface area contributed by atoms with Crippen molar-refractivity contribution in [2.24, 2.45) is 0 Å². The minimum Gasteiger partial charge on any atom is -0.283 e. The van der Waals surface area contributed by atoms with E-state index < -0.39 is 0 Å². The number of rotatable bonds is 0. The summed E-state index contributed by atoms with van der Waals surface area (Å²) in [7, 11) is 0. The first-order valence-corrected chi connectivity index (χ1v) is 4.76. The predicted octanol–water partition coefficient (Wildman–Crippen LogP) is 2.37. The third-order valence-electron chi connectivity index (χ3n) is 2.06.